The summed E-state index contributed by atoms with van der Waals surface area (Å²) in [6.45, 7) is 3.36. The van der Waals surface area contributed by atoms with Crippen LogP contribution in [0.15, 0.2) is 41.5 Å². The van der Waals surface area contributed by atoms with Crippen LogP contribution in [-0.4, -0.2) is 34.4 Å². The topological polar surface area (TPSA) is 79.6 Å². The number of hydrogen-bond donors (Lipinski definition) is 2. The molecule has 6 heteroatoms. The molecule has 2 unspecified atom stereocenters. The van der Waals surface area contributed by atoms with Gasteiger partial charge in [0.15, 0.2) is 0 Å². The van der Waals surface area contributed by atoms with Gasteiger partial charge in [-0.25, -0.2) is 4.98 Å². The minimum Gasteiger partial charge on any atom is -0.493 e. The highest BCUT2D eigenvalue weighted by Gasteiger charge is 2.25. The average molecular weight is 360 g/mol. The SMILES string of the molecule is Cc1ccc2c(c1)CC(c1nc(O)c3cc(C4C=NNC4)ccc3n1)CO2. The Morgan fingerprint density at radius 1 is 1.15 bits per heavy atom. The molecule has 0 saturated carbocycles. The van der Waals surface area contributed by atoms with Crippen molar-refractivity contribution in [3.05, 3.63) is 58.9 Å². The number of benzene rings is 2. The highest BCUT2D eigenvalue weighted by atomic mass is 16.5. The maximum absolute atomic E-state index is 10.5. The van der Waals surface area contributed by atoms with Crippen LogP contribution in [0.3, 0.4) is 0 Å². The second kappa shape index (κ2) is 6.23. The molecule has 0 fully saturated rings. The van der Waals surface area contributed by atoms with E-state index in [2.05, 4.69) is 34.6 Å². The quantitative estimate of drug-likeness (QED) is 0.734. The lowest BCUT2D eigenvalue weighted by atomic mass is 9.94. The number of fused-ring (bicyclic) bond motifs is 2. The fourth-order valence-electron chi connectivity index (χ4n) is 3.80. The van der Waals surface area contributed by atoms with E-state index in [0.29, 0.717) is 17.8 Å². The normalized spacial score (nSPS) is 20.9. The third kappa shape index (κ3) is 2.87. The molecule has 0 amide bonds. The number of aromatic hydroxyl groups is 1. The molecule has 0 spiro atoms. The zero-order valence-corrected chi connectivity index (χ0v) is 15.0. The number of hydrazone groups is 1. The molecule has 5 rings (SSSR count). The number of hydrogen-bond acceptors (Lipinski definition) is 6. The smallest absolute Gasteiger partial charge is 0.222 e. The number of aromatic nitrogens is 2. The van der Waals surface area contributed by atoms with Crippen LogP contribution >= 0.6 is 0 Å². The molecule has 0 bridgehead atoms. The van der Waals surface area contributed by atoms with Crippen molar-refractivity contribution in [3.8, 4) is 11.6 Å². The molecule has 136 valence electrons. The molecule has 6 nitrogen and oxygen atoms in total. The van der Waals surface area contributed by atoms with Gasteiger partial charge in [0.2, 0.25) is 5.88 Å². The standard InChI is InChI=1S/C21H20N4O2/c1-12-2-5-19-14(6-12)7-15(11-27-19)20-24-18-4-3-13(16-9-22-23-10-16)8-17(18)21(26)25-20/h2-6,8-9,15-16,23H,7,10-11H2,1H3,(H,24,25,26). The second-order valence-electron chi connectivity index (χ2n) is 7.25. The number of nitrogens with one attached hydrogen (secondary N) is 1. The largest absolute Gasteiger partial charge is 0.493 e. The fourth-order valence-corrected chi connectivity index (χ4v) is 3.80. The predicted octanol–water partition coefficient (Wildman–Crippen LogP) is 3.04. The summed E-state index contributed by atoms with van der Waals surface area (Å²) in [7, 11) is 0. The van der Waals surface area contributed by atoms with Crippen LogP contribution in [0.5, 0.6) is 11.6 Å². The van der Waals surface area contributed by atoms with Crippen LogP contribution < -0.4 is 10.2 Å². The van der Waals surface area contributed by atoms with Gasteiger partial charge in [-0.1, -0.05) is 23.8 Å². The summed E-state index contributed by atoms with van der Waals surface area (Å²) in [6, 6.07) is 12.2. The number of nitrogens with zero attached hydrogens (tertiary/aromatic N) is 3. The van der Waals surface area contributed by atoms with Gasteiger partial charge in [0.1, 0.15) is 11.6 Å². The van der Waals surface area contributed by atoms with Gasteiger partial charge >= 0.3 is 0 Å². The van der Waals surface area contributed by atoms with E-state index >= 15 is 0 Å². The van der Waals surface area contributed by atoms with Gasteiger partial charge in [-0.05, 0) is 42.7 Å². The third-order valence-corrected chi connectivity index (χ3v) is 5.29. The fraction of sp³-hybridized carbons (Fsp3) is 0.286. The van der Waals surface area contributed by atoms with Crippen molar-refractivity contribution in [1.29, 1.82) is 0 Å². The van der Waals surface area contributed by atoms with Crippen molar-refractivity contribution < 1.29 is 9.84 Å². The van der Waals surface area contributed by atoms with Gasteiger partial charge in [-0.15, -0.1) is 0 Å². The summed E-state index contributed by atoms with van der Waals surface area (Å²) >= 11 is 0. The van der Waals surface area contributed by atoms with E-state index < -0.39 is 0 Å². The summed E-state index contributed by atoms with van der Waals surface area (Å²) in [5.74, 6) is 1.82. The first-order valence-electron chi connectivity index (χ1n) is 9.16. The lowest BCUT2D eigenvalue weighted by molar-refractivity contribution is 0.257. The number of ether oxygens (including phenoxy) is 1. The molecule has 3 heterocycles. The molecule has 27 heavy (non-hydrogen) atoms. The Labute approximate surface area is 156 Å². The van der Waals surface area contributed by atoms with Crippen molar-refractivity contribution in [2.75, 3.05) is 13.2 Å². The molecular formula is C21H20N4O2. The Kier molecular flexibility index (Phi) is 3.70. The van der Waals surface area contributed by atoms with E-state index in [1.807, 2.05) is 30.5 Å². The van der Waals surface area contributed by atoms with Gasteiger partial charge in [0, 0.05) is 18.7 Å². The lowest BCUT2D eigenvalue weighted by Gasteiger charge is -2.25. The van der Waals surface area contributed by atoms with Crippen LogP contribution in [0.2, 0.25) is 0 Å². The molecule has 2 aromatic carbocycles. The highest BCUT2D eigenvalue weighted by molar-refractivity contribution is 5.85. The van der Waals surface area contributed by atoms with Crippen LogP contribution in [0.25, 0.3) is 10.9 Å². The number of rotatable bonds is 2. The summed E-state index contributed by atoms with van der Waals surface area (Å²) in [5.41, 5.74) is 7.17. The van der Waals surface area contributed by atoms with Crippen molar-refractivity contribution in [3.63, 3.8) is 0 Å². The van der Waals surface area contributed by atoms with Gasteiger partial charge in [0.05, 0.1) is 23.4 Å². The molecule has 1 aromatic heterocycles. The van der Waals surface area contributed by atoms with Crippen molar-refractivity contribution in [1.82, 2.24) is 15.4 Å². The average Bonchev–Trinajstić information content (AvgIpc) is 3.22. The van der Waals surface area contributed by atoms with Crippen LogP contribution in [-0.2, 0) is 6.42 Å². The van der Waals surface area contributed by atoms with Gasteiger partial charge < -0.3 is 15.3 Å². The van der Waals surface area contributed by atoms with Crippen molar-refractivity contribution >= 4 is 17.1 Å². The Morgan fingerprint density at radius 3 is 2.93 bits per heavy atom. The Bertz CT molecular complexity index is 1060. The molecule has 2 atom stereocenters. The van der Waals surface area contributed by atoms with E-state index in [0.717, 1.165) is 35.4 Å². The monoisotopic (exact) mass is 360 g/mol. The maximum atomic E-state index is 10.5. The molecule has 0 saturated heterocycles. The summed E-state index contributed by atoms with van der Waals surface area (Å²) in [4.78, 5) is 9.13. The summed E-state index contributed by atoms with van der Waals surface area (Å²) in [5, 5.41) is 15.3. The van der Waals surface area contributed by atoms with E-state index in [1.54, 1.807) is 0 Å². The first-order valence-corrected chi connectivity index (χ1v) is 9.16. The molecular weight excluding hydrogens is 340 g/mol. The van der Waals surface area contributed by atoms with Crippen LogP contribution in [0.4, 0.5) is 0 Å². The number of aryl methyl sites for hydroxylation is 1. The lowest BCUT2D eigenvalue weighted by Crippen LogP contribution is -2.21. The van der Waals surface area contributed by atoms with E-state index in [9.17, 15) is 5.11 Å². The summed E-state index contributed by atoms with van der Waals surface area (Å²) in [6.07, 6.45) is 2.69. The summed E-state index contributed by atoms with van der Waals surface area (Å²) < 4.78 is 5.90. The molecule has 2 aliphatic rings. The zero-order chi connectivity index (χ0) is 18.4. The molecule has 0 aliphatic carbocycles. The molecule has 2 N–H and O–H groups in total. The van der Waals surface area contributed by atoms with E-state index in [1.165, 1.54) is 5.56 Å². The Hall–Kier alpha value is -3.15. The first-order chi connectivity index (χ1) is 13.2. The first kappa shape index (κ1) is 16.1. The molecule has 3 aromatic rings. The van der Waals surface area contributed by atoms with Crippen molar-refractivity contribution in [2.45, 2.75) is 25.2 Å². The van der Waals surface area contributed by atoms with Crippen LogP contribution in [0.1, 0.15) is 34.4 Å². The van der Waals surface area contributed by atoms with E-state index in [-0.39, 0.29) is 17.7 Å². The molecule has 0 radical (unpaired) electrons. The van der Waals surface area contributed by atoms with Crippen LogP contribution in [0, 0.1) is 6.92 Å². The minimum absolute atomic E-state index is 0.0229. The zero-order valence-electron chi connectivity index (χ0n) is 15.0. The van der Waals surface area contributed by atoms with Gasteiger partial charge in [-0.2, -0.15) is 10.1 Å². The highest BCUT2D eigenvalue weighted by Crippen LogP contribution is 2.34. The van der Waals surface area contributed by atoms with Gasteiger partial charge in [-0.3, -0.25) is 0 Å². The Balaban J connectivity index is 1.49. The van der Waals surface area contributed by atoms with Crippen molar-refractivity contribution in [2.24, 2.45) is 5.10 Å². The predicted molar refractivity (Wildman–Crippen MR) is 104 cm³/mol. The molecule has 2 aliphatic heterocycles. The maximum Gasteiger partial charge on any atom is 0.222 e. The Morgan fingerprint density at radius 2 is 2.07 bits per heavy atom. The second-order valence-corrected chi connectivity index (χ2v) is 7.25. The van der Waals surface area contributed by atoms with E-state index in [4.69, 9.17) is 9.72 Å². The third-order valence-electron chi connectivity index (χ3n) is 5.29. The minimum atomic E-state index is 0.0229. The van der Waals surface area contributed by atoms with Gasteiger partial charge in [0.25, 0.3) is 0 Å².